The number of imidazole rings is 1. The van der Waals surface area contributed by atoms with E-state index in [2.05, 4.69) is 25.9 Å². The normalized spacial score (nSPS) is 15.2. The topological polar surface area (TPSA) is 84.0 Å². The molecular formula is C16H13BBrFN4O2S. The highest BCUT2D eigenvalue weighted by atomic mass is 79.9. The van der Waals surface area contributed by atoms with E-state index in [9.17, 15) is 9.41 Å². The highest BCUT2D eigenvalue weighted by molar-refractivity contribution is 9.10. The number of hydrogen-bond donors (Lipinski definition) is 1. The minimum Gasteiger partial charge on any atom is -0.423 e. The van der Waals surface area contributed by atoms with E-state index < -0.39 is 7.12 Å². The summed E-state index contributed by atoms with van der Waals surface area (Å²) in [5.74, 6) is -0.293. The first kappa shape index (κ1) is 18.7. The van der Waals surface area contributed by atoms with Crippen LogP contribution in [0.25, 0.3) is 0 Å². The van der Waals surface area contributed by atoms with Crippen molar-refractivity contribution in [2.45, 2.75) is 19.6 Å². The molecule has 1 atom stereocenters. The first-order valence-corrected chi connectivity index (χ1v) is 9.27. The third-order valence-electron chi connectivity index (χ3n) is 3.75. The Balaban J connectivity index is 0.000000152. The van der Waals surface area contributed by atoms with Crippen molar-refractivity contribution in [1.29, 1.82) is 5.26 Å². The summed E-state index contributed by atoms with van der Waals surface area (Å²) in [5, 5.41) is 17.9. The van der Waals surface area contributed by atoms with Gasteiger partial charge in [0.05, 0.1) is 29.4 Å². The Morgan fingerprint density at radius 2 is 2.31 bits per heavy atom. The summed E-state index contributed by atoms with van der Waals surface area (Å²) in [6.45, 7) is 2.48. The van der Waals surface area contributed by atoms with Crippen LogP contribution < -0.4 is 5.46 Å². The Bertz CT molecular complexity index is 958. The fourth-order valence-electron chi connectivity index (χ4n) is 2.49. The van der Waals surface area contributed by atoms with E-state index >= 15 is 0 Å². The molecule has 6 nitrogen and oxygen atoms in total. The minimum atomic E-state index is -0.893. The van der Waals surface area contributed by atoms with Crippen LogP contribution in [0.1, 0.15) is 29.2 Å². The second-order valence-electron chi connectivity index (χ2n) is 5.51. The molecule has 1 aromatic carbocycles. The van der Waals surface area contributed by atoms with Crippen molar-refractivity contribution in [3.8, 4) is 6.07 Å². The number of thiazole rings is 1. The maximum absolute atomic E-state index is 12.7. The molecule has 0 spiro atoms. The van der Waals surface area contributed by atoms with Crippen LogP contribution in [0.15, 0.2) is 40.8 Å². The Morgan fingerprint density at radius 1 is 1.50 bits per heavy atom. The van der Waals surface area contributed by atoms with Crippen LogP contribution >= 0.6 is 27.3 Å². The molecule has 132 valence electrons. The van der Waals surface area contributed by atoms with Crippen LogP contribution in [0, 0.1) is 17.1 Å². The van der Waals surface area contributed by atoms with Crippen LogP contribution in [0.3, 0.4) is 0 Å². The number of aromatic nitrogens is 3. The van der Waals surface area contributed by atoms with Gasteiger partial charge in [-0.25, -0.2) is 14.4 Å². The molecule has 0 fully saturated rings. The number of hydrogen-bond acceptors (Lipinski definition) is 6. The summed E-state index contributed by atoms with van der Waals surface area (Å²) in [7, 11) is -0.893. The van der Waals surface area contributed by atoms with Crippen LogP contribution in [-0.2, 0) is 11.2 Å². The van der Waals surface area contributed by atoms with Crippen LogP contribution in [0.4, 0.5) is 4.39 Å². The van der Waals surface area contributed by atoms with E-state index in [1.54, 1.807) is 42.4 Å². The molecule has 0 radical (unpaired) electrons. The maximum Gasteiger partial charge on any atom is 0.491 e. The van der Waals surface area contributed by atoms with E-state index in [0.29, 0.717) is 17.7 Å². The van der Waals surface area contributed by atoms with Gasteiger partial charge in [0.25, 0.3) is 0 Å². The molecule has 2 aromatic heterocycles. The fourth-order valence-corrected chi connectivity index (χ4v) is 3.79. The summed E-state index contributed by atoms with van der Waals surface area (Å²) >= 11 is 4.92. The highest BCUT2D eigenvalue weighted by Gasteiger charge is 2.32. The standard InChI is InChI=1S/C8H8BFO2.C8H5BrN4S/c1-5-7-4-6(10)2-3-8(7)9(11)12-5;9-8-7(14-5-12-8)3-13-2-6(1-10)11-4-13/h2-5,11H,1H3;2,4-5H,3H2/t5-;/m1./s1. The van der Waals surface area contributed by atoms with Gasteiger partial charge in [0.15, 0.2) is 5.69 Å². The quantitative estimate of drug-likeness (QED) is 0.626. The van der Waals surface area contributed by atoms with Crippen molar-refractivity contribution < 1.29 is 14.1 Å². The van der Waals surface area contributed by atoms with Gasteiger partial charge in [-0.05, 0) is 46.0 Å². The maximum atomic E-state index is 12.7. The smallest absolute Gasteiger partial charge is 0.423 e. The summed E-state index contributed by atoms with van der Waals surface area (Å²) in [6, 6.07) is 6.26. The van der Waals surface area contributed by atoms with Crippen molar-refractivity contribution in [2.75, 3.05) is 0 Å². The van der Waals surface area contributed by atoms with E-state index in [-0.39, 0.29) is 11.9 Å². The molecule has 0 aliphatic carbocycles. The molecule has 0 bridgehead atoms. The van der Waals surface area contributed by atoms with E-state index in [1.807, 2.05) is 10.6 Å². The second kappa shape index (κ2) is 8.10. The summed E-state index contributed by atoms with van der Waals surface area (Å²) in [4.78, 5) is 9.11. The third-order valence-corrected chi connectivity index (χ3v) is 5.51. The van der Waals surface area contributed by atoms with Crippen molar-refractivity contribution in [1.82, 2.24) is 14.5 Å². The minimum absolute atomic E-state index is 0.217. The molecule has 1 N–H and O–H groups in total. The largest absolute Gasteiger partial charge is 0.491 e. The zero-order valence-corrected chi connectivity index (χ0v) is 16.0. The Kier molecular flexibility index (Phi) is 5.83. The van der Waals surface area contributed by atoms with Gasteiger partial charge in [-0.3, -0.25) is 0 Å². The molecule has 0 unspecified atom stereocenters. The lowest BCUT2D eigenvalue weighted by Crippen LogP contribution is -2.27. The molecule has 26 heavy (non-hydrogen) atoms. The summed E-state index contributed by atoms with van der Waals surface area (Å²) in [5.41, 5.74) is 3.62. The predicted molar refractivity (Wildman–Crippen MR) is 99.4 cm³/mol. The summed E-state index contributed by atoms with van der Waals surface area (Å²) < 4.78 is 20.5. The van der Waals surface area contributed by atoms with Gasteiger partial charge in [0.1, 0.15) is 16.5 Å². The van der Waals surface area contributed by atoms with Crippen molar-refractivity contribution in [3.05, 3.63) is 62.8 Å². The van der Waals surface area contributed by atoms with Gasteiger partial charge < -0.3 is 14.2 Å². The Morgan fingerprint density at radius 3 is 2.96 bits per heavy atom. The molecule has 4 rings (SSSR count). The molecular weight excluding hydrogens is 422 g/mol. The number of nitriles is 1. The van der Waals surface area contributed by atoms with E-state index in [0.717, 1.165) is 15.0 Å². The molecule has 0 saturated carbocycles. The molecule has 0 amide bonds. The average Bonchev–Trinajstić information content (AvgIpc) is 3.30. The lowest BCUT2D eigenvalue weighted by molar-refractivity contribution is 0.208. The van der Waals surface area contributed by atoms with Gasteiger partial charge in [-0.1, -0.05) is 6.07 Å². The molecule has 10 heteroatoms. The van der Waals surface area contributed by atoms with Gasteiger partial charge >= 0.3 is 7.12 Å². The fraction of sp³-hybridized carbons (Fsp3) is 0.188. The van der Waals surface area contributed by atoms with Gasteiger partial charge in [-0.2, -0.15) is 5.26 Å². The van der Waals surface area contributed by atoms with Gasteiger partial charge in [0, 0.05) is 6.20 Å². The van der Waals surface area contributed by atoms with Crippen LogP contribution in [0.2, 0.25) is 0 Å². The van der Waals surface area contributed by atoms with Crippen molar-refractivity contribution >= 4 is 39.8 Å². The Hall–Kier alpha value is -2.06. The second-order valence-corrected chi connectivity index (χ2v) is 7.20. The Labute approximate surface area is 162 Å². The highest BCUT2D eigenvalue weighted by Crippen LogP contribution is 2.22. The molecule has 0 saturated heterocycles. The number of halogens is 2. The monoisotopic (exact) mass is 434 g/mol. The van der Waals surface area contributed by atoms with Gasteiger partial charge in [0.2, 0.25) is 0 Å². The lowest BCUT2D eigenvalue weighted by Gasteiger charge is -2.02. The SMILES string of the molecule is C[C@H]1OB(O)c2ccc(F)cc21.N#Cc1cn(Cc2scnc2Br)cn1. The number of rotatable bonds is 2. The number of benzene rings is 1. The van der Waals surface area contributed by atoms with Crippen LogP contribution in [-0.4, -0.2) is 26.7 Å². The molecule has 3 heterocycles. The first-order valence-electron chi connectivity index (χ1n) is 7.60. The van der Waals surface area contributed by atoms with Crippen molar-refractivity contribution in [3.63, 3.8) is 0 Å². The van der Waals surface area contributed by atoms with E-state index in [1.165, 1.54) is 12.1 Å². The number of fused-ring (bicyclic) bond motifs is 1. The molecule has 3 aromatic rings. The van der Waals surface area contributed by atoms with Crippen molar-refractivity contribution in [2.24, 2.45) is 0 Å². The van der Waals surface area contributed by atoms with Crippen LogP contribution in [0.5, 0.6) is 0 Å². The third kappa shape index (κ3) is 4.19. The predicted octanol–water partition coefficient (Wildman–Crippen LogP) is 2.63. The summed E-state index contributed by atoms with van der Waals surface area (Å²) in [6.07, 6.45) is 3.14. The molecule has 1 aliphatic rings. The zero-order chi connectivity index (χ0) is 18.7. The molecule has 1 aliphatic heterocycles. The van der Waals surface area contributed by atoms with Gasteiger partial charge in [-0.15, -0.1) is 11.3 Å². The van der Waals surface area contributed by atoms with E-state index in [4.69, 9.17) is 9.92 Å². The average molecular weight is 435 g/mol. The zero-order valence-electron chi connectivity index (χ0n) is 13.6. The number of nitrogens with zero attached hydrogens (tertiary/aromatic N) is 4. The lowest BCUT2D eigenvalue weighted by atomic mass is 9.79. The first-order chi connectivity index (χ1) is 12.5.